The third kappa shape index (κ3) is 19.9. The summed E-state index contributed by atoms with van der Waals surface area (Å²) in [6.07, 6.45) is 8.02. The van der Waals surface area contributed by atoms with Gasteiger partial charge in [-0.15, -0.1) is 6.58 Å². The fraction of sp³-hybridized carbons (Fsp3) is 0.210. The Kier molecular flexibility index (Phi) is 27.6. The Hall–Kier alpha value is -11.1. The van der Waals surface area contributed by atoms with E-state index in [4.69, 9.17) is 58.3 Å². The molecule has 33 heteroatoms. The monoisotopic (exact) mass is 1680 g/mol. The van der Waals surface area contributed by atoms with Crippen molar-refractivity contribution in [1.82, 2.24) is 58.6 Å². The molecule has 2 N–H and O–H groups in total. The number of aliphatic hydroxyl groups excluding tert-OH is 2. The summed E-state index contributed by atoms with van der Waals surface area (Å²) >= 11 is 22.3. The molecule has 114 heavy (non-hydrogen) atoms. The van der Waals surface area contributed by atoms with E-state index in [0.717, 1.165) is 29.7 Å². The fourth-order valence-corrected chi connectivity index (χ4v) is 12.1. The number of ether oxygens (including phenoxy) is 3. The highest BCUT2D eigenvalue weighted by Crippen LogP contribution is 2.37. The first-order chi connectivity index (χ1) is 54.1. The Morgan fingerprint density at radius 3 is 1.16 bits per heavy atom. The predicted molar refractivity (Wildman–Crippen MR) is 424 cm³/mol. The first kappa shape index (κ1) is 85.3. The van der Waals surface area contributed by atoms with E-state index < -0.39 is 64.3 Å². The number of aryl methyl sites for hydroxylation is 6. The Morgan fingerprint density at radius 2 is 0.833 bits per heavy atom. The van der Waals surface area contributed by atoms with Crippen molar-refractivity contribution < 1.29 is 60.1 Å². The maximum absolute atomic E-state index is 13.9. The third-order valence-electron chi connectivity index (χ3n) is 17.8. The van der Waals surface area contributed by atoms with Crippen LogP contribution >= 0.6 is 50.7 Å². The third-order valence-corrected chi connectivity index (χ3v) is 19.3. The van der Waals surface area contributed by atoms with Crippen molar-refractivity contribution in [3.63, 3.8) is 0 Å². The average Bonchev–Trinajstić information content (AvgIpc) is 1.54. The molecular formula is C81H71BBrCl3F6N12O10. The zero-order chi connectivity index (χ0) is 82.8. The highest BCUT2D eigenvalue weighted by Gasteiger charge is 2.50. The largest absolute Gasteiger partial charge is 0.486 e. The van der Waals surface area contributed by atoms with Crippen LogP contribution in [0.25, 0.3) is 57.3 Å². The van der Waals surface area contributed by atoms with E-state index in [2.05, 4.69) is 73.9 Å². The maximum Gasteiger partial charge on any atom is 0.486 e. The van der Waals surface area contributed by atoms with Crippen molar-refractivity contribution in [2.75, 3.05) is 6.61 Å². The van der Waals surface area contributed by atoms with E-state index in [-0.39, 0.29) is 93.2 Å². The second kappa shape index (κ2) is 36.8. The van der Waals surface area contributed by atoms with Gasteiger partial charge in [-0.3, -0.25) is 58.0 Å². The van der Waals surface area contributed by atoms with Gasteiger partial charge < -0.3 is 33.7 Å². The number of nitrogens with zero attached hydrogens (tertiary/aromatic N) is 12. The SMILES string of the molecule is C=CB1OC(C)(C)C(C)(C)O1.C=Cc1cccc(-c2cc(-n3c(C)cc(OCc4ncc(F)cc4F)c(Cl)c3=O)c(C)cn2)n1.Cc1cnc(-c2cccc(Br)n2)cc1-n1c(C)cc(OCc2ncc(F)cc2F)c(Cl)c1=O.Cc1cnc(-c2cccc([C@H](O)CO)n2)cc1-n1c(C)cc(OCc2ncc(F)cc2F)c(Cl)c1=O. The summed E-state index contributed by atoms with van der Waals surface area (Å²) < 4.78 is 114. The summed E-state index contributed by atoms with van der Waals surface area (Å²) in [6.45, 7) is 24.5. The summed E-state index contributed by atoms with van der Waals surface area (Å²) in [6, 6.07) is 27.9. The molecule has 12 aromatic rings. The molecule has 22 nitrogen and oxygen atoms in total. The van der Waals surface area contributed by atoms with Crippen molar-refractivity contribution in [3.8, 4) is 68.5 Å². The first-order valence-electron chi connectivity index (χ1n) is 34.5. The summed E-state index contributed by atoms with van der Waals surface area (Å²) in [5.74, 6) is -3.13. The van der Waals surface area contributed by atoms with E-state index in [1.807, 2.05) is 71.9 Å². The number of pyridine rings is 12. The molecule has 0 amide bonds. The molecule has 13 rings (SSSR count). The number of aromatic nitrogens is 12. The molecule has 0 spiro atoms. The normalized spacial score (nSPS) is 12.8. The summed E-state index contributed by atoms with van der Waals surface area (Å²) in [7, 11) is -0.250. The highest BCUT2D eigenvalue weighted by atomic mass is 79.9. The van der Waals surface area contributed by atoms with Gasteiger partial charge in [0, 0.05) is 72.1 Å². The van der Waals surface area contributed by atoms with E-state index in [1.165, 1.54) is 19.8 Å². The number of rotatable bonds is 19. The molecule has 12 aromatic heterocycles. The molecule has 1 saturated heterocycles. The molecule has 1 fully saturated rings. The minimum atomic E-state index is -1.13. The van der Waals surface area contributed by atoms with Gasteiger partial charge in [0.05, 0.1) is 99.0 Å². The van der Waals surface area contributed by atoms with E-state index in [0.29, 0.717) is 102 Å². The molecular weight excluding hydrogens is 1610 g/mol. The van der Waals surface area contributed by atoms with Gasteiger partial charge in [-0.05, 0) is 163 Å². The second-order valence-electron chi connectivity index (χ2n) is 26.5. The van der Waals surface area contributed by atoms with Gasteiger partial charge in [0.25, 0.3) is 16.7 Å². The Balaban J connectivity index is 0.000000169. The molecule has 0 aliphatic carbocycles. The van der Waals surface area contributed by atoms with Gasteiger partial charge in [-0.1, -0.05) is 65.6 Å². The molecule has 588 valence electrons. The molecule has 13 heterocycles. The quantitative estimate of drug-likeness (QED) is 0.0432. The van der Waals surface area contributed by atoms with Crippen LogP contribution in [0.5, 0.6) is 17.2 Å². The van der Waals surface area contributed by atoms with Crippen LogP contribution in [-0.4, -0.2) is 93.7 Å². The van der Waals surface area contributed by atoms with E-state index >= 15 is 0 Å². The van der Waals surface area contributed by atoms with Crippen molar-refractivity contribution >= 4 is 63.9 Å². The summed E-state index contributed by atoms with van der Waals surface area (Å²) in [5, 5.41) is 18.5. The lowest BCUT2D eigenvalue weighted by molar-refractivity contribution is 0.00578. The molecule has 0 saturated carbocycles. The lowest BCUT2D eigenvalue weighted by atomic mass is 9.90. The summed E-state index contributed by atoms with van der Waals surface area (Å²) in [4.78, 5) is 77.1. The lowest BCUT2D eigenvalue weighted by Gasteiger charge is -2.32. The van der Waals surface area contributed by atoms with Crippen LogP contribution in [0.4, 0.5) is 26.3 Å². The average molecular weight is 1680 g/mol. The smallest absolute Gasteiger partial charge is 0.485 e. The van der Waals surface area contributed by atoms with Crippen LogP contribution in [0.2, 0.25) is 15.1 Å². The predicted octanol–water partition coefficient (Wildman–Crippen LogP) is 16.7. The van der Waals surface area contributed by atoms with Crippen LogP contribution in [0.3, 0.4) is 0 Å². The van der Waals surface area contributed by atoms with E-state index in [9.17, 15) is 50.9 Å². The zero-order valence-corrected chi connectivity index (χ0v) is 66.6. The number of hydrogen-bond donors (Lipinski definition) is 2. The first-order valence-corrected chi connectivity index (χ1v) is 36.5. The second-order valence-corrected chi connectivity index (χ2v) is 28.4. The number of halogens is 10. The Bertz CT molecular complexity index is 5830. The minimum Gasteiger partial charge on any atom is -0.485 e. The minimum absolute atomic E-state index is 0.0280. The molecule has 0 bridgehead atoms. The zero-order valence-electron chi connectivity index (χ0n) is 62.7. The van der Waals surface area contributed by atoms with Crippen LogP contribution in [0, 0.1) is 76.4 Å². The van der Waals surface area contributed by atoms with Gasteiger partial charge in [-0.25, -0.2) is 41.3 Å². The molecule has 0 unspecified atom stereocenters. The van der Waals surface area contributed by atoms with Crippen molar-refractivity contribution in [3.05, 3.63) is 313 Å². The van der Waals surface area contributed by atoms with Crippen molar-refractivity contribution in [2.24, 2.45) is 0 Å². The van der Waals surface area contributed by atoms with Gasteiger partial charge >= 0.3 is 7.12 Å². The van der Waals surface area contributed by atoms with Gasteiger partial charge in [-0.2, -0.15) is 0 Å². The topological polar surface area (TPSA) is 269 Å². The van der Waals surface area contributed by atoms with Gasteiger partial charge in [0.1, 0.15) is 97.4 Å². The Labute approximate surface area is 673 Å². The highest BCUT2D eigenvalue weighted by molar-refractivity contribution is 9.10. The van der Waals surface area contributed by atoms with Crippen LogP contribution in [-0.2, 0) is 29.1 Å². The van der Waals surface area contributed by atoms with Crippen LogP contribution in [0.1, 0.15) is 96.0 Å². The molecule has 1 aliphatic heterocycles. The molecule has 0 radical (unpaired) electrons. The van der Waals surface area contributed by atoms with Crippen molar-refractivity contribution in [2.45, 2.75) is 106 Å². The molecule has 0 aromatic carbocycles. The maximum atomic E-state index is 13.9. The Morgan fingerprint density at radius 1 is 0.491 bits per heavy atom. The van der Waals surface area contributed by atoms with Crippen molar-refractivity contribution in [1.29, 1.82) is 0 Å². The lowest BCUT2D eigenvalue weighted by Crippen LogP contribution is -2.41. The van der Waals surface area contributed by atoms with E-state index in [1.54, 1.807) is 113 Å². The van der Waals surface area contributed by atoms with Crippen LogP contribution < -0.4 is 30.9 Å². The van der Waals surface area contributed by atoms with Crippen LogP contribution in [0.15, 0.2) is 184 Å². The fourth-order valence-electron chi connectivity index (χ4n) is 11.1. The van der Waals surface area contributed by atoms with Gasteiger partial charge in [0.15, 0.2) is 17.5 Å². The number of aliphatic hydroxyl groups is 2. The number of hydrogen-bond acceptors (Lipinski definition) is 19. The molecule has 1 atom stereocenters. The molecule has 1 aliphatic rings. The van der Waals surface area contributed by atoms with Gasteiger partial charge in [0.2, 0.25) is 0 Å². The summed E-state index contributed by atoms with van der Waals surface area (Å²) in [5.41, 5.74) is 7.25. The standard InChI is InChI=1S/C25H21ClF2N4O4.C25H19ClF2N4O2.C23H16BrClF2N4O2.C8H15BO2/c1-13-9-29-19(17-4-3-5-18(31-17)22(34)11-33)8-21(13)32-14(2)6-23(24(26)25(32)35)36-12-20-16(28)7-15(27)10-30-20;1-4-17-6-5-7-19(31-17)20-10-22(14(2)11-29-20)32-15(3)8-23(24(26)25(32)33)34-13-21-18(28)9-16(27)12-30-21;1-12-9-28-17(16-4-3-5-21(24)30-16)8-19(12)31-13(2)6-20(22(25)23(31)32)33-11-18-15(27)7-14(26)10-29-18;1-6-9-10-7(2,3)8(4,5)11-9/h3-10,22,33-34H,11-12H2,1-2H3;4-12H,1,13H2,2-3H3;3-10H,11H2,1-2H3;6H,1H2,2-5H3/t22-;;;/m1.../s1.